The summed E-state index contributed by atoms with van der Waals surface area (Å²) in [5.74, 6) is 0.688. The van der Waals surface area contributed by atoms with Crippen LogP contribution >= 0.6 is 0 Å². The molecule has 0 aromatic rings. The van der Waals surface area contributed by atoms with Crippen molar-refractivity contribution in [2.45, 2.75) is 100 Å². The highest BCUT2D eigenvalue weighted by molar-refractivity contribution is 4.95. The molecule has 0 fully saturated rings. The van der Waals surface area contributed by atoms with Gasteiger partial charge in [-0.1, -0.05) is 48.5 Å². The third kappa shape index (κ3) is 4.23. The molecule has 0 aromatic heterocycles. The molecular weight excluding hydrogens is 242 g/mol. The summed E-state index contributed by atoms with van der Waals surface area (Å²) in [5, 5.41) is 0. The maximum Gasteiger partial charge on any atom is 0.0158 e. The van der Waals surface area contributed by atoms with Crippen LogP contribution in [0.5, 0.6) is 0 Å². The Morgan fingerprint density at radius 3 is 1.50 bits per heavy atom. The van der Waals surface area contributed by atoms with Gasteiger partial charge in [-0.3, -0.25) is 4.90 Å². The molecule has 0 heterocycles. The van der Waals surface area contributed by atoms with E-state index in [0.29, 0.717) is 16.7 Å². The Bertz CT molecular complexity index is 304. The average Bonchev–Trinajstić information content (AvgIpc) is 2.25. The molecule has 0 aliphatic carbocycles. The van der Waals surface area contributed by atoms with Crippen molar-refractivity contribution in [3.8, 4) is 0 Å². The van der Waals surface area contributed by atoms with E-state index in [1.54, 1.807) is 0 Å². The molecule has 122 valence electrons. The average molecular weight is 284 g/mol. The van der Waals surface area contributed by atoms with Crippen LogP contribution in [0.3, 0.4) is 0 Å². The van der Waals surface area contributed by atoms with E-state index in [2.05, 4.69) is 88.1 Å². The van der Waals surface area contributed by atoms with Gasteiger partial charge in [0.25, 0.3) is 0 Å². The predicted octanol–water partition coefficient (Wildman–Crippen LogP) is 5.98. The van der Waals surface area contributed by atoms with E-state index in [9.17, 15) is 0 Å². The van der Waals surface area contributed by atoms with Crippen LogP contribution in [0.15, 0.2) is 0 Å². The maximum atomic E-state index is 2.58. The summed E-state index contributed by atoms with van der Waals surface area (Å²) in [6.07, 6.45) is 2.42. The largest absolute Gasteiger partial charge is 0.296 e. The standard InChI is InChI=1S/C19H41N/c1-13-17(6,7)20(12)18(8,9)14-15(2)19(10,11)16(3,4)5/h15H,13-14H2,1-12H3. The zero-order valence-electron chi connectivity index (χ0n) is 16.4. The molecule has 0 spiro atoms. The molecule has 1 atom stereocenters. The molecular formula is C19H41N. The zero-order chi connectivity index (χ0) is 16.6. The van der Waals surface area contributed by atoms with Gasteiger partial charge >= 0.3 is 0 Å². The Morgan fingerprint density at radius 1 is 0.800 bits per heavy atom. The summed E-state index contributed by atoms with van der Waals surface area (Å²) in [4.78, 5) is 2.58. The molecule has 0 N–H and O–H groups in total. The zero-order valence-corrected chi connectivity index (χ0v) is 16.4. The first kappa shape index (κ1) is 20.0. The lowest BCUT2D eigenvalue weighted by Gasteiger charge is -2.51. The number of nitrogens with zero attached hydrogens (tertiary/aromatic N) is 1. The fourth-order valence-electron chi connectivity index (χ4n) is 2.94. The Kier molecular flexibility index (Phi) is 5.98. The van der Waals surface area contributed by atoms with Crippen molar-refractivity contribution >= 4 is 0 Å². The van der Waals surface area contributed by atoms with E-state index in [-0.39, 0.29) is 11.1 Å². The van der Waals surface area contributed by atoms with E-state index in [4.69, 9.17) is 0 Å². The van der Waals surface area contributed by atoms with Crippen molar-refractivity contribution in [1.29, 1.82) is 0 Å². The predicted molar refractivity (Wildman–Crippen MR) is 93.2 cm³/mol. The van der Waals surface area contributed by atoms with Crippen LogP contribution in [-0.2, 0) is 0 Å². The highest BCUT2D eigenvalue weighted by Gasteiger charge is 2.42. The van der Waals surface area contributed by atoms with Crippen molar-refractivity contribution in [3.05, 3.63) is 0 Å². The van der Waals surface area contributed by atoms with Gasteiger partial charge in [-0.25, -0.2) is 0 Å². The molecule has 0 radical (unpaired) electrons. The van der Waals surface area contributed by atoms with Crippen molar-refractivity contribution in [3.63, 3.8) is 0 Å². The minimum atomic E-state index is 0.224. The minimum Gasteiger partial charge on any atom is -0.296 e. The minimum absolute atomic E-state index is 0.224. The second-order valence-corrected chi connectivity index (χ2v) is 9.61. The van der Waals surface area contributed by atoms with Gasteiger partial charge in [0.2, 0.25) is 0 Å². The Morgan fingerprint density at radius 2 is 1.20 bits per heavy atom. The molecule has 0 amide bonds. The summed E-state index contributed by atoms with van der Waals surface area (Å²) in [7, 11) is 2.29. The van der Waals surface area contributed by atoms with E-state index in [1.807, 2.05) is 0 Å². The Hall–Kier alpha value is -0.0400. The molecule has 0 aliphatic rings. The molecule has 0 saturated carbocycles. The van der Waals surface area contributed by atoms with Crippen LogP contribution in [0.4, 0.5) is 0 Å². The number of hydrogen-bond acceptors (Lipinski definition) is 1. The molecule has 1 nitrogen and oxygen atoms in total. The SMILES string of the molecule is CCC(C)(C)N(C)C(C)(C)CC(C)C(C)(C)C(C)(C)C. The third-order valence-electron chi connectivity index (χ3n) is 6.65. The molecule has 0 saturated heterocycles. The van der Waals surface area contributed by atoms with Gasteiger partial charge < -0.3 is 0 Å². The molecule has 0 rings (SSSR count). The lowest BCUT2D eigenvalue weighted by molar-refractivity contribution is -0.0124. The number of rotatable bonds is 6. The first-order valence-electron chi connectivity index (χ1n) is 8.33. The van der Waals surface area contributed by atoms with Gasteiger partial charge in [0.1, 0.15) is 0 Å². The van der Waals surface area contributed by atoms with Crippen molar-refractivity contribution in [2.75, 3.05) is 7.05 Å². The lowest BCUT2D eigenvalue weighted by atomic mass is 9.60. The first-order valence-corrected chi connectivity index (χ1v) is 8.33. The summed E-state index contributed by atoms with van der Waals surface area (Å²) in [5.41, 5.74) is 1.15. The summed E-state index contributed by atoms with van der Waals surface area (Å²) in [6.45, 7) is 26.2. The Labute approximate surface area is 129 Å². The second kappa shape index (κ2) is 5.99. The maximum absolute atomic E-state index is 2.58. The monoisotopic (exact) mass is 283 g/mol. The molecule has 1 heteroatoms. The molecule has 0 aliphatic heterocycles. The van der Waals surface area contributed by atoms with Gasteiger partial charge in [0.15, 0.2) is 0 Å². The topological polar surface area (TPSA) is 3.24 Å². The molecule has 0 aromatic carbocycles. The lowest BCUT2D eigenvalue weighted by Crippen LogP contribution is -2.54. The summed E-state index contributed by atoms with van der Waals surface area (Å²) >= 11 is 0. The van der Waals surface area contributed by atoms with E-state index in [0.717, 1.165) is 0 Å². The van der Waals surface area contributed by atoms with Crippen LogP contribution in [0, 0.1) is 16.7 Å². The van der Waals surface area contributed by atoms with Gasteiger partial charge in [-0.15, -0.1) is 0 Å². The fourth-order valence-corrected chi connectivity index (χ4v) is 2.94. The molecule has 0 bridgehead atoms. The normalized spacial score (nSPS) is 16.6. The smallest absolute Gasteiger partial charge is 0.0158 e. The second-order valence-electron chi connectivity index (χ2n) is 9.61. The van der Waals surface area contributed by atoms with Crippen LogP contribution in [-0.4, -0.2) is 23.0 Å². The van der Waals surface area contributed by atoms with Crippen molar-refractivity contribution < 1.29 is 0 Å². The van der Waals surface area contributed by atoms with Crippen LogP contribution in [0.2, 0.25) is 0 Å². The van der Waals surface area contributed by atoms with E-state index >= 15 is 0 Å². The van der Waals surface area contributed by atoms with Crippen LogP contribution in [0.1, 0.15) is 89.0 Å². The van der Waals surface area contributed by atoms with Crippen LogP contribution < -0.4 is 0 Å². The van der Waals surface area contributed by atoms with Crippen LogP contribution in [0.25, 0.3) is 0 Å². The molecule has 20 heavy (non-hydrogen) atoms. The van der Waals surface area contributed by atoms with Gasteiger partial charge in [0, 0.05) is 11.1 Å². The van der Waals surface area contributed by atoms with Gasteiger partial charge in [-0.05, 0) is 64.3 Å². The number of hydrogen-bond donors (Lipinski definition) is 0. The quantitative estimate of drug-likeness (QED) is 0.579. The third-order valence-corrected chi connectivity index (χ3v) is 6.65. The molecule has 1 unspecified atom stereocenters. The highest BCUT2D eigenvalue weighted by atomic mass is 15.2. The van der Waals surface area contributed by atoms with E-state index < -0.39 is 0 Å². The fraction of sp³-hybridized carbons (Fsp3) is 1.00. The van der Waals surface area contributed by atoms with Gasteiger partial charge in [-0.2, -0.15) is 0 Å². The van der Waals surface area contributed by atoms with Gasteiger partial charge in [0.05, 0.1) is 0 Å². The van der Waals surface area contributed by atoms with Crippen molar-refractivity contribution in [1.82, 2.24) is 4.90 Å². The first-order chi connectivity index (χ1) is 8.59. The Balaban J connectivity index is 5.12. The summed E-state index contributed by atoms with van der Waals surface area (Å²) in [6, 6.07) is 0. The highest BCUT2D eigenvalue weighted by Crippen LogP contribution is 2.47. The van der Waals surface area contributed by atoms with Crippen molar-refractivity contribution in [2.24, 2.45) is 16.7 Å². The summed E-state index contributed by atoms with van der Waals surface area (Å²) < 4.78 is 0. The van der Waals surface area contributed by atoms with E-state index in [1.165, 1.54) is 12.8 Å².